The van der Waals surface area contributed by atoms with Gasteiger partial charge in [0.15, 0.2) is 5.79 Å². The molecule has 4 aliphatic carbocycles. The van der Waals surface area contributed by atoms with E-state index in [1.165, 1.54) is 19.3 Å². The van der Waals surface area contributed by atoms with E-state index in [2.05, 4.69) is 27.7 Å². The first-order valence-electron chi connectivity index (χ1n) is 13.4. The third-order valence-electron chi connectivity index (χ3n) is 12.0. The molecule has 6 rings (SSSR count). The van der Waals surface area contributed by atoms with Crippen molar-refractivity contribution in [2.45, 2.75) is 109 Å². The van der Waals surface area contributed by atoms with Gasteiger partial charge in [0.25, 0.3) is 0 Å². The highest BCUT2D eigenvalue weighted by molar-refractivity contribution is 5.16. The molecule has 0 radical (unpaired) electrons. The van der Waals surface area contributed by atoms with Gasteiger partial charge in [-0.2, -0.15) is 0 Å². The first-order valence-corrected chi connectivity index (χ1v) is 13.4. The van der Waals surface area contributed by atoms with Crippen LogP contribution in [-0.4, -0.2) is 52.1 Å². The average Bonchev–Trinajstić information content (AvgIpc) is 3.18. The molecule has 0 aromatic heterocycles. The van der Waals surface area contributed by atoms with Gasteiger partial charge in [0, 0.05) is 12.3 Å². The fourth-order valence-corrected chi connectivity index (χ4v) is 10.3. The number of aliphatic hydroxyl groups excluding tert-OH is 3. The summed E-state index contributed by atoms with van der Waals surface area (Å²) in [4.78, 5) is 0. The number of hydrogen-bond acceptors (Lipinski definition) is 5. The lowest BCUT2D eigenvalue weighted by atomic mass is 9.43. The minimum atomic E-state index is -0.692. The van der Waals surface area contributed by atoms with E-state index in [0.29, 0.717) is 48.3 Å². The summed E-state index contributed by atoms with van der Waals surface area (Å²) >= 11 is 0. The molecule has 0 aromatic rings. The van der Waals surface area contributed by atoms with Gasteiger partial charge in [-0.1, -0.05) is 27.7 Å². The van der Waals surface area contributed by atoms with E-state index in [0.717, 1.165) is 25.9 Å². The zero-order chi connectivity index (χ0) is 22.6. The molecule has 14 atom stereocenters. The highest BCUT2D eigenvalue weighted by Crippen LogP contribution is 2.71. The summed E-state index contributed by atoms with van der Waals surface area (Å²) < 4.78 is 13.3. The number of rotatable bonds is 0. The van der Waals surface area contributed by atoms with Gasteiger partial charge in [0.1, 0.15) is 0 Å². The third kappa shape index (κ3) is 2.81. The lowest BCUT2D eigenvalue weighted by Gasteiger charge is -2.62. The summed E-state index contributed by atoms with van der Waals surface area (Å²) in [5, 5.41) is 32.1. The molecule has 32 heavy (non-hydrogen) atoms. The SMILES string of the molecule is C[C@@H]1CC[C@@]2(OC1)OC1C[C@H]3[C@@H]4C[C@H](O)[C@H]5C[C@@H](O)[C@H](O)C[C@]5(C)[C@H]4CC[C@]3(C)C1[C@@H]2C. The Bertz CT molecular complexity index is 748. The lowest BCUT2D eigenvalue weighted by Crippen LogP contribution is -2.61. The van der Waals surface area contributed by atoms with Gasteiger partial charge in [0.05, 0.1) is 31.0 Å². The fraction of sp³-hybridized carbons (Fsp3) is 1.00. The van der Waals surface area contributed by atoms with E-state index in [1.807, 2.05) is 0 Å². The quantitative estimate of drug-likeness (QED) is 0.526. The summed E-state index contributed by atoms with van der Waals surface area (Å²) in [6.45, 7) is 10.3. The second-order valence-electron chi connectivity index (χ2n) is 13.4. The van der Waals surface area contributed by atoms with Crippen molar-refractivity contribution in [2.24, 2.45) is 52.3 Å². The third-order valence-corrected chi connectivity index (χ3v) is 12.0. The predicted molar refractivity (Wildman–Crippen MR) is 121 cm³/mol. The van der Waals surface area contributed by atoms with E-state index in [4.69, 9.17) is 9.47 Å². The molecule has 5 nitrogen and oxygen atoms in total. The Balaban J connectivity index is 1.28. The van der Waals surface area contributed by atoms with E-state index >= 15 is 0 Å². The van der Waals surface area contributed by atoms with Crippen LogP contribution in [-0.2, 0) is 9.47 Å². The largest absolute Gasteiger partial charge is 0.393 e. The monoisotopic (exact) mass is 448 g/mol. The van der Waals surface area contributed by atoms with Gasteiger partial charge < -0.3 is 24.8 Å². The smallest absolute Gasteiger partial charge is 0.171 e. The van der Waals surface area contributed by atoms with Crippen LogP contribution in [0.5, 0.6) is 0 Å². The Morgan fingerprint density at radius 3 is 2.28 bits per heavy atom. The molecule has 2 heterocycles. The van der Waals surface area contributed by atoms with Crippen molar-refractivity contribution in [3.05, 3.63) is 0 Å². The highest BCUT2D eigenvalue weighted by Gasteiger charge is 2.70. The van der Waals surface area contributed by atoms with E-state index in [9.17, 15) is 15.3 Å². The Morgan fingerprint density at radius 1 is 0.781 bits per heavy atom. The van der Waals surface area contributed by atoms with Crippen molar-refractivity contribution in [1.29, 1.82) is 0 Å². The lowest BCUT2D eigenvalue weighted by molar-refractivity contribution is -0.273. The summed E-state index contributed by atoms with van der Waals surface area (Å²) in [6.07, 6.45) is 6.22. The van der Waals surface area contributed by atoms with Crippen LogP contribution in [0.2, 0.25) is 0 Å². The number of hydrogen-bond donors (Lipinski definition) is 3. The van der Waals surface area contributed by atoms with Crippen LogP contribution in [0.3, 0.4) is 0 Å². The van der Waals surface area contributed by atoms with Crippen LogP contribution in [0.4, 0.5) is 0 Å². The van der Waals surface area contributed by atoms with Gasteiger partial charge in [-0.25, -0.2) is 0 Å². The summed E-state index contributed by atoms with van der Waals surface area (Å²) in [5.41, 5.74) is 0.146. The molecule has 4 saturated carbocycles. The topological polar surface area (TPSA) is 79.2 Å². The van der Waals surface area contributed by atoms with Gasteiger partial charge >= 0.3 is 0 Å². The average molecular weight is 449 g/mol. The summed E-state index contributed by atoms with van der Waals surface area (Å²) in [6, 6.07) is 0. The molecule has 2 unspecified atom stereocenters. The van der Waals surface area contributed by atoms with Crippen molar-refractivity contribution in [3.63, 3.8) is 0 Å². The first-order chi connectivity index (χ1) is 15.1. The zero-order valence-corrected chi connectivity index (χ0v) is 20.4. The maximum absolute atomic E-state index is 11.3. The second-order valence-corrected chi connectivity index (χ2v) is 13.4. The molecule has 2 saturated heterocycles. The van der Waals surface area contributed by atoms with Crippen LogP contribution in [0.15, 0.2) is 0 Å². The van der Waals surface area contributed by atoms with Crippen molar-refractivity contribution >= 4 is 0 Å². The maximum Gasteiger partial charge on any atom is 0.171 e. The predicted octanol–water partition coefficient (Wildman–Crippen LogP) is 3.74. The molecule has 0 aromatic carbocycles. The first kappa shape index (κ1) is 22.3. The van der Waals surface area contributed by atoms with Crippen molar-refractivity contribution < 1.29 is 24.8 Å². The Morgan fingerprint density at radius 2 is 1.56 bits per heavy atom. The van der Waals surface area contributed by atoms with Crippen molar-refractivity contribution in [2.75, 3.05) is 6.61 Å². The van der Waals surface area contributed by atoms with E-state index in [-0.39, 0.29) is 34.7 Å². The molecule has 2 aliphatic heterocycles. The van der Waals surface area contributed by atoms with Gasteiger partial charge in [0.2, 0.25) is 0 Å². The molecule has 182 valence electrons. The molecule has 3 N–H and O–H groups in total. The number of fused-ring (bicyclic) bond motifs is 7. The minimum Gasteiger partial charge on any atom is -0.393 e. The maximum atomic E-state index is 11.3. The van der Waals surface area contributed by atoms with Crippen LogP contribution in [0.1, 0.15) is 79.1 Å². The Hall–Kier alpha value is -0.200. The molecule has 6 aliphatic rings. The van der Waals surface area contributed by atoms with Gasteiger partial charge in [-0.15, -0.1) is 0 Å². The fourth-order valence-electron chi connectivity index (χ4n) is 10.3. The summed E-state index contributed by atoms with van der Waals surface area (Å²) in [5.74, 6) is 2.86. The molecule has 1 spiro atoms. The normalized spacial score (nSPS) is 64.0. The highest BCUT2D eigenvalue weighted by atomic mass is 16.7. The molecule has 0 bridgehead atoms. The minimum absolute atomic E-state index is 0.0870. The van der Waals surface area contributed by atoms with Crippen molar-refractivity contribution in [1.82, 2.24) is 0 Å². The van der Waals surface area contributed by atoms with Gasteiger partial charge in [-0.3, -0.25) is 0 Å². The van der Waals surface area contributed by atoms with Crippen LogP contribution < -0.4 is 0 Å². The van der Waals surface area contributed by atoms with E-state index < -0.39 is 12.2 Å². The Kier molecular flexibility index (Phi) is 4.99. The van der Waals surface area contributed by atoms with Crippen LogP contribution >= 0.6 is 0 Å². The Labute approximate surface area is 193 Å². The number of aliphatic hydroxyl groups is 3. The van der Waals surface area contributed by atoms with Crippen LogP contribution in [0.25, 0.3) is 0 Å². The van der Waals surface area contributed by atoms with E-state index in [1.54, 1.807) is 0 Å². The second kappa shape index (κ2) is 7.16. The standard InChI is InChI=1S/C27H44O5/c1-14-5-8-27(31-13-14)15(2)24-23(32-27)11-18-16-9-20(28)19-10-21(29)22(30)12-26(19,4)17(16)6-7-25(18,24)3/h14-24,28-30H,5-13H2,1-4H3/t14-,15+,16-,17+,18+,19-,20+,21-,22-,23?,24?,25+,26-,27-/m1/s1. The molecular formula is C27H44O5. The zero-order valence-electron chi connectivity index (χ0n) is 20.4. The molecule has 0 amide bonds. The molecule has 6 fully saturated rings. The van der Waals surface area contributed by atoms with Crippen molar-refractivity contribution in [3.8, 4) is 0 Å². The van der Waals surface area contributed by atoms with Crippen LogP contribution in [0, 0.1) is 52.3 Å². The summed E-state index contributed by atoms with van der Waals surface area (Å²) in [7, 11) is 0. The molecular weight excluding hydrogens is 404 g/mol. The number of ether oxygens (including phenoxy) is 2. The molecule has 5 heteroatoms. The van der Waals surface area contributed by atoms with Gasteiger partial charge in [-0.05, 0) is 91.3 Å².